The number of carbonyl (C=O) groups excluding carboxylic acids is 1. The molecule has 3 heterocycles. The van der Waals surface area contributed by atoms with Crippen LogP contribution in [0.1, 0.15) is 36.0 Å². The minimum Gasteiger partial charge on any atom is -0.439 e. The first-order valence-electron chi connectivity index (χ1n) is 11.2. The number of fused-ring (bicyclic) bond motifs is 1. The molecular formula is C26H25FN4O2. The molecule has 1 aliphatic rings. The van der Waals surface area contributed by atoms with Crippen LogP contribution in [0.5, 0.6) is 0 Å². The maximum Gasteiger partial charge on any atom is 0.227 e. The van der Waals surface area contributed by atoms with Gasteiger partial charge in [-0.1, -0.05) is 30.3 Å². The number of nitrogens with zero attached hydrogens (tertiary/aromatic N) is 3. The third kappa shape index (κ3) is 4.64. The molecule has 4 aromatic rings. The van der Waals surface area contributed by atoms with Crippen LogP contribution in [0.2, 0.25) is 0 Å². The van der Waals surface area contributed by atoms with Gasteiger partial charge < -0.3 is 14.6 Å². The van der Waals surface area contributed by atoms with Crippen LogP contribution < -0.4 is 5.32 Å². The minimum atomic E-state index is -0.496. The van der Waals surface area contributed by atoms with E-state index in [9.17, 15) is 9.18 Å². The number of halogens is 1. The van der Waals surface area contributed by atoms with Crippen molar-refractivity contribution in [1.29, 1.82) is 0 Å². The highest BCUT2D eigenvalue weighted by molar-refractivity contribution is 5.80. The standard InChI is InChI=1S/C26H25FN4O2/c27-20-10-8-18(9-11-20)25(22-6-3-4-14-29-22)31(26(32)19-12-15-28-16-13-19)17-24-30-21-5-1-2-7-23(21)33-24/h1-11,14,19,25,28H,12-13,15-17H2/t25-/m0/s1. The van der Waals surface area contributed by atoms with Gasteiger partial charge in [0.1, 0.15) is 11.3 Å². The predicted octanol–water partition coefficient (Wildman–Crippen LogP) is 4.48. The lowest BCUT2D eigenvalue weighted by Crippen LogP contribution is -2.43. The maximum atomic E-state index is 13.9. The van der Waals surface area contributed by atoms with E-state index < -0.39 is 6.04 Å². The number of para-hydroxylation sites is 2. The molecule has 0 aliphatic carbocycles. The summed E-state index contributed by atoms with van der Waals surface area (Å²) >= 11 is 0. The lowest BCUT2D eigenvalue weighted by Gasteiger charge is -2.35. The van der Waals surface area contributed by atoms with Gasteiger partial charge in [-0.05, 0) is 67.9 Å². The highest BCUT2D eigenvalue weighted by Crippen LogP contribution is 2.32. The second-order valence-electron chi connectivity index (χ2n) is 8.27. The van der Waals surface area contributed by atoms with Crippen molar-refractivity contribution < 1.29 is 13.6 Å². The molecule has 1 saturated heterocycles. The van der Waals surface area contributed by atoms with Crippen LogP contribution >= 0.6 is 0 Å². The lowest BCUT2D eigenvalue weighted by molar-refractivity contribution is -0.139. The molecular weight excluding hydrogens is 419 g/mol. The minimum absolute atomic E-state index is 0.0266. The molecule has 0 spiro atoms. The third-order valence-electron chi connectivity index (χ3n) is 6.08. The van der Waals surface area contributed by atoms with Crippen LogP contribution in [0.15, 0.2) is 77.3 Å². The molecule has 33 heavy (non-hydrogen) atoms. The van der Waals surface area contributed by atoms with Crippen molar-refractivity contribution in [1.82, 2.24) is 20.2 Å². The Kier molecular flexibility index (Phi) is 6.13. The number of hydrogen-bond acceptors (Lipinski definition) is 5. The number of hydrogen-bond donors (Lipinski definition) is 1. The van der Waals surface area contributed by atoms with Crippen molar-refractivity contribution in [3.63, 3.8) is 0 Å². The summed E-state index contributed by atoms with van der Waals surface area (Å²) < 4.78 is 19.7. The summed E-state index contributed by atoms with van der Waals surface area (Å²) in [6.07, 6.45) is 3.24. The average Bonchev–Trinajstić information content (AvgIpc) is 3.28. The van der Waals surface area contributed by atoms with Gasteiger partial charge in [-0.15, -0.1) is 0 Å². The molecule has 1 amide bonds. The van der Waals surface area contributed by atoms with Crippen molar-refractivity contribution in [3.8, 4) is 0 Å². The van der Waals surface area contributed by atoms with E-state index in [1.165, 1.54) is 12.1 Å². The number of carbonyl (C=O) groups is 1. The number of nitrogens with one attached hydrogen (secondary N) is 1. The van der Waals surface area contributed by atoms with Gasteiger partial charge in [0.2, 0.25) is 11.8 Å². The summed E-state index contributed by atoms with van der Waals surface area (Å²) in [6.45, 7) is 1.80. The molecule has 2 aromatic heterocycles. The van der Waals surface area contributed by atoms with Crippen LogP contribution in [-0.2, 0) is 11.3 Å². The number of pyridine rings is 1. The van der Waals surface area contributed by atoms with E-state index >= 15 is 0 Å². The van der Waals surface area contributed by atoms with Gasteiger partial charge in [-0.25, -0.2) is 9.37 Å². The van der Waals surface area contributed by atoms with Gasteiger partial charge in [0.15, 0.2) is 5.58 Å². The van der Waals surface area contributed by atoms with E-state index in [1.54, 1.807) is 23.2 Å². The van der Waals surface area contributed by atoms with Gasteiger partial charge in [-0.3, -0.25) is 9.78 Å². The zero-order valence-corrected chi connectivity index (χ0v) is 18.2. The summed E-state index contributed by atoms with van der Waals surface area (Å²) in [4.78, 5) is 24.9. The first-order chi connectivity index (χ1) is 16.2. The fourth-order valence-corrected chi connectivity index (χ4v) is 4.43. The monoisotopic (exact) mass is 444 g/mol. The van der Waals surface area contributed by atoms with Gasteiger partial charge in [0.25, 0.3) is 0 Å². The van der Waals surface area contributed by atoms with E-state index in [1.807, 2.05) is 42.5 Å². The topological polar surface area (TPSA) is 71.3 Å². The van der Waals surface area contributed by atoms with Crippen LogP contribution in [0.3, 0.4) is 0 Å². The van der Waals surface area contributed by atoms with Crippen molar-refractivity contribution in [2.75, 3.05) is 13.1 Å². The normalized spacial score (nSPS) is 15.4. The summed E-state index contributed by atoms with van der Waals surface area (Å²) in [5.41, 5.74) is 2.92. The molecule has 6 nitrogen and oxygen atoms in total. The lowest BCUT2D eigenvalue weighted by atomic mass is 9.93. The Bertz CT molecular complexity index is 1190. The Balaban J connectivity index is 1.58. The fourth-order valence-electron chi connectivity index (χ4n) is 4.43. The van der Waals surface area contributed by atoms with E-state index in [2.05, 4.69) is 15.3 Å². The second kappa shape index (κ2) is 9.50. The summed E-state index contributed by atoms with van der Waals surface area (Å²) in [5, 5.41) is 3.32. The smallest absolute Gasteiger partial charge is 0.227 e. The molecule has 1 fully saturated rings. The molecule has 1 aliphatic heterocycles. The molecule has 1 N–H and O–H groups in total. The van der Waals surface area contributed by atoms with Crippen molar-refractivity contribution >= 4 is 17.0 Å². The van der Waals surface area contributed by atoms with E-state index in [0.29, 0.717) is 17.2 Å². The van der Waals surface area contributed by atoms with Crippen LogP contribution in [0.4, 0.5) is 4.39 Å². The van der Waals surface area contributed by atoms with Gasteiger partial charge in [-0.2, -0.15) is 0 Å². The van der Waals surface area contributed by atoms with E-state index in [-0.39, 0.29) is 24.2 Å². The van der Waals surface area contributed by atoms with E-state index in [4.69, 9.17) is 4.42 Å². The molecule has 168 valence electrons. The third-order valence-corrected chi connectivity index (χ3v) is 6.08. The number of benzene rings is 2. The molecule has 0 bridgehead atoms. The number of aromatic nitrogens is 2. The Hall–Kier alpha value is -3.58. The zero-order valence-electron chi connectivity index (χ0n) is 18.2. The SMILES string of the molecule is O=C(C1CCNCC1)N(Cc1nc2ccccc2o1)[C@@H](c1ccc(F)cc1)c1ccccn1. The Morgan fingerprint density at radius 2 is 1.82 bits per heavy atom. The van der Waals surface area contributed by atoms with Crippen molar-refractivity contribution in [2.45, 2.75) is 25.4 Å². The second-order valence-corrected chi connectivity index (χ2v) is 8.27. The molecule has 5 rings (SSSR count). The Labute approximate surface area is 191 Å². The molecule has 1 atom stereocenters. The Morgan fingerprint density at radius 1 is 1.06 bits per heavy atom. The summed E-state index contributed by atoms with van der Waals surface area (Å²) in [7, 11) is 0. The van der Waals surface area contributed by atoms with Crippen molar-refractivity contribution in [3.05, 3.63) is 95.9 Å². The number of piperidine rings is 1. The highest BCUT2D eigenvalue weighted by Gasteiger charge is 2.34. The predicted molar refractivity (Wildman–Crippen MR) is 123 cm³/mol. The van der Waals surface area contributed by atoms with Crippen LogP contribution in [0, 0.1) is 11.7 Å². The maximum absolute atomic E-state index is 13.9. The average molecular weight is 445 g/mol. The van der Waals surface area contributed by atoms with Gasteiger partial charge in [0, 0.05) is 12.1 Å². The summed E-state index contributed by atoms with van der Waals surface area (Å²) in [6, 6.07) is 18.9. The quantitative estimate of drug-likeness (QED) is 0.475. The number of amides is 1. The van der Waals surface area contributed by atoms with Gasteiger partial charge in [0.05, 0.1) is 18.3 Å². The first kappa shape index (κ1) is 21.3. The van der Waals surface area contributed by atoms with Gasteiger partial charge >= 0.3 is 0 Å². The first-order valence-corrected chi connectivity index (χ1v) is 11.2. The Morgan fingerprint density at radius 3 is 2.55 bits per heavy atom. The number of oxazole rings is 1. The highest BCUT2D eigenvalue weighted by atomic mass is 19.1. The fraction of sp³-hybridized carbons (Fsp3) is 0.269. The number of rotatable bonds is 6. The molecule has 7 heteroatoms. The zero-order chi connectivity index (χ0) is 22.6. The summed E-state index contributed by atoms with van der Waals surface area (Å²) in [5.74, 6) is 0.0521. The molecule has 0 unspecified atom stereocenters. The van der Waals surface area contributed by atoms with Crippen LogP contribution in [-0.4, -0.2) is 33.9 Å². The van der Waals surface area contributed by atoms with E-state index in [0.717, 1.165) is 37.0 Å². The van der Waals surface area contributed by atoms with Crippen molar-refractivity contribution in [2.24, 2.45) is 5.92 Å². The largest absolute Gasteiger partial charge is 0.439 e. The molecule has 2 aromatic carbocycles. The molecule has 0 saturated carbocycles. The van der Waals surface area contributed by atoms with Crippen LogP contribution in [0.25, 0.3) is 11.1 Å². The molecule has 0 radical (unpaired) electrons.